The normalized spacial score (nSPS) is 11.2. The van der Waals surface area contributed by atoms with Crippen LogP contribution in [-0.2, 0) is 0 Å². The minimum absolute atomic E-state index is 0.950. The van der Waals surface area contributed by atoms with Crippen molar-refractivity contribution in [2.45, 2.75) is 11.8 Å². The van der Waals surface area contributed by atoms with E-state index in [-0.39, 0.29) is 0 Å². The number of benzene rings is 1. The quantitative estimate of drug-likeness (QED) is 0.661. The van der Waals surface area contributed by atoms with Crippen LogP contribution in [0.5, 0.6) is 0 Å². The fourth-order valence-electron chi connectivity index (χ4n) is 1.70. The van der Waals surface area contributed by atoms with E-state index in [0.29, 0.717) is 0 Å². The Morgan fingerprint density at radius 2 is 2.00 bits per heavy atom. The van der Waals surface area contributed by atoms with Crippen LogP contribution in [0.1, 0.15) is 5.01 Å². The van der Waals surface area contributed by atoms with Gasteiger partial charge in [-0.1, -0.05) is 23.5 Å². The fourth-order valence-corrected chi connectivity index (χ4v) is 2.83. The molecular weight excluding hydrogens is 250 g/mol. The molecule has 0 unspecified atom stereocenters. The molecule has 17 heavy (non-hydrogen) atoms. The zero-order chi connectivity index (χ0) is 11.8. The largest absolute Gasteiger partial charge is 0.217 e. The molecule has 0 aliphatic carbocycles. The van der Waals surface area contributed by atoms with Gasteiger partial charge in [-0.2, -0.15) is 5.10 Å². The number of imidazole rings is 1. The van der Waals surface area contributed by atoms with E-state index in [1.807, 2.05) is 17.6 Å². The molecule has 5 heteroatoms. The molecule has 2 heterocycles. The summed E-state index contributed by atoms with van der Waals surface area (Å²) in [5, 5.41) is 5.40. The number of nitrogens with zero attached hydrogens (tertiary/aromatic N) is 3. The van der Waals surface area contributed by atoms with E-state index in [4.69, 9.17) is 0 Å². The van der Waals surface area contributed by atoms with Crippen LogP contribution in [0.25, 0.3) is 16.2 Å². The van der Waals surface area contributed by atoms with Gasteiger partial charge in [-0.05, 0) is 25.3 Å². The molecule has 0 aliphatic rings. The molecule has 86 valence electrons. The summed E-state index contributed by atoms with van der Waals surface area (Å²) in [6.07, 6.45) is 4.06. The first-order valence-electron chi connectivity index (χ1n) is 5.23. The van der Waals surface area contributed by atoms with E-state index in [9.17, 15) is 0 Å². The Labute approximate surface area is 108 Å². The molecule has 2 aromatic heterocycles. The van der Waals surface area contributed by atoms with Crippen LogP contribution in [-0.4, -0.2) is 20.9 Å². The Hall–Kier alpha value is -1.33. The second kappa shape index (κ2) is 4.16. The summed E-state index contributed by atoms with van der Waals surface area (Å²) in [7, 11) is 0. The van der Waals surface area contributed by atoms with Gasteiger partial charge in [-0.15, -0.1) is 11.8 Å². The van der Waals surface area contributed by atoms with Crippen molar-refractivity contribution >= 4 is 28.1 Å². The zero-order valence-electron chi connectivity index (χ0n) is 9.54. The van der Waals surface area contributed by atoms with E-state index < -0.39 is 0 Å². The second-order valence-electron chi connectivity index (χ2n) is 3.70. The molecule has 3 nitrogen and oxygen atoms in total. The average molecular weight is 261 g/mol. The number of aromatic nitrogens is 3. The summed E-state index contributed by atoms with van der Waals surface area (Å²) in [6.45, 7) is 1.99. The summed E-state index contributed by atoms with van der Waals surface area (Å²) < 4.78 is 1.85. The van der Waals surface area contributed by atoms with Crippen molar-refractivity contribution in [3.05, 3.63) is 35.5 Å². The van der Waals surface area contributed by atoms with Crippen LogP contribution in [0.3, 0.4) is 0 Å². The van der Waals surface area contributed by atoms with Crippen LogP contribution in [0.2, 0.25) is 0 Å². The summed E-state index contributed by atoms with van der Waals surface area (Å²) in [5.74, 6) is 0. The van der Waals surface area contributed by atoms with Gasteiger partial charge in [0.2, 0.25) is 4.96 Å². The standard InChI is InChI=1S/C12H11N3S2/c1-8-14-15-7-11(13-12(15)17-8)9-3-5-10(16-2)6-4-9/h3-7H,1-2H3. The highest BCUT2D eigenvalue weighted by molar-refractivity contribution is 7.98. The van der Waals surface area contributed by atoms with Crippen LogP contribution in [0.4, 0.5) is 0 Å². The van der Waals surface area contributed by atoms with Crippen molar-refractivity contribution in [1.29, 1.82) is 0 Å². The maximum absolute atomic E-state index is 4.57. The van der Waals surface area contributed by atoms with Gasteiger partial charge in [0.25, 0.3) is 0 Å². The topological polar surface area (TPSA) is 30.2 Å². The molecular formula is C12H11N3S2. The van der Waals surface area contributed by atoms with Crippen molar-refractivity contribution < 1.29 is 0 Å². The van der Waals surface area contributed by atoms with Crippen molar-refractivity contribution in [3.63, 3.8) is 0 Å². The van der Waals surface area contributed by atoms with Gasteiger partial charge >= 0.3 is 0 Å². The van der Waals surface area contributed by atoms with Gasteiger partial charge in [0.05, 0.1) is 11.9 Å². The Kier molecular flexibility index (Phi) is 2.64. The minimum Gasteiger partial charge on any atom is -0.217 e. The fraction of sp³-hybridized carbons (Fsp3) is 0.167. The Bertz CT molecular complexity index is 621. The molecule has 0 radical (unpaired) electrons. The smallest absolute Gasteiger partial charge is 0.212 e. The molecule has 0 atom stereocenters. The molecule has 3 rings (SSSR count). The number of thioether (sulfide) groups is 1. The van der Waals surface area contributed by atoms with Crippen molar-refractivity contribution in [2.75, 3.05) is 6.26 Å². The number of fused-ring (bicyclic) bond motifs is 1. The molecule has 1 aromatic carbocycles. The molecule has 0 fully saturated rings. The van der Waals surface area contributed by atoms with E-state index in [1.165, 1.54) is 4.90 Å². The Morgan fingerprint density at radius 1 is 1.24 bits per heavy atom. The van der Waals surface area contributed by atoms with Crippen LogP contribution in [0, 0.1) is 6.92 Å². The minimum atomic E-state index is 0.950. The molecule has 0 saturated carbocycles. The zero-order valence-corrected chi connectivity index (χ0v) is 11.2. The average Bonchev–Trinajstić information content (AvgIpc) is 2.86. The molecule has 0 bridgehead atoms. The van der Waals surface area contributed by atoms with Gasteiger partial charge in [0.15, 0.2) is 0 Å². The third-order valence-corrected chi connectivity index (χ3v) is 4.11. The van der Waals surface area contributed by atoms with Gasteiger partial charge in [-0.25, -0.2) is 9.50 Å². The molecule has 3 aromatic rings. The number of hydrogen-bond donors (Lipinski definition) is 0. The van der Waals surface area contributed by atoms with Crippen LogP contribution < -0.4 is 0 Å². The first-order valence-corrected chi connectivity index (χ1v) is 7.27. The molecule has 0 N–H and O–H groups in total. The summed E-state index contributed by atoms with van der Waals surface area (Å²) >= 11 is 3.36. The molecule has 0 spiro atoms. The number of aryl methyl sites for hydroxylation is 1. The summed E-state index contributed by atoms with van der Waals surface area (Å²) in [4.78, 5) is 6.79. The van der Waals surface area contributed by atoms with E-state index in [1.54, 1.807) is 23.1 Å². The van der Waals surface area contributed by atoms with Gasteiger partial charge in [0.1, 0.15) is 5.01 Å². The Morgan fingerprint density at radius 3 is 2.65 bits per heavy atom. The highest BCUT2D eigenvalue weighted by Crippen LogP contribution is 2.24. The van der Waals surface area contributed by atoms with Crippen molar-refractivity contribution in [2.24, 2.45) is 0 Å². The molecule has 0 aliphatic heterocycles. The first kappa shape index (κ1) is 10.8. The molecule has 0 amide bonds. The lowest BCUT2D eigenvalue weighted by Gasteiger charge is -1.98. The van der Waals surface area contributed by atoms with Crippen molar-refractivity contribution in [3.8, 4) is 11.3 Å². The summed E-state index contributed by atoms with van der Waals surface area (Å²) in [6, 6.07) is 8.44. The predicted octanol–water partition coefficient (Wildman–Crippen LogP) is 3.49. The lowest BCUT2D eigenvalue weighted by Crippen LogP contribution is -1.80. The SMILES string of the molecule is CSc1ccc(-c2cn3nc(C)sc3n2)cc1. The monoisotopic (exact) mass is 261 g/mol. The van der Waals surface area contributed by atoms with Crippen molar-refractivity contribution in [1.82, 2.24) is 14.6 Å². The van der Waals surface area contributed by atoms with E-state index >= 15 is 0 Å². The van der Waals surface area contributed by atoms with Crippen LogP contribution >= 0.6 is 23.1 Å². The lowest BCUT2D eigenvalue weighted by atomic mass is 10.2. The highest BCUT2D eigenvalue weighted by atomic mass is 32.2. The predicted molar refractivity (Wildman–Crippen MR) is 72.8 cm³/mol. The first-order chi connectivity index (χ1) is 8.26. The maximum Gasteiger partial charge on any atom is 0.212 e. The summed E-state index contributed by atoms with van der Waals surface area (Å²) in [5.41, 5.74) is 2.12. The third-order valence-electron chi connectivity index (χ3n) is 2.53. The second-order valence-corrected chi connectivity index (χ2v) is 5.74. The lowest BCUT2D eigenvalue weighted by molar-refractivity contribution is 0.946. The van der Waals surface area contributed by atoms with Gasteiger partial charge in [0, 0.05) is 10.5 Å². The Balaban J connectivity index is 2.04. The number of rotatable bonds is 2. The number of hydrogen-bond acceptors (Lipinski definition) is 4. The van der Waals surface area contributed by atoms with Gasteiger partial charge in [-0.3, -0.25) is 0 Å². The molecule has 0 saturated heterocycles. The van der Waals surface area contributed by atoms with E-state index in [0.717, 1.165) is 21.2 Å². The van der Waals surface area contributed by atoms with Gasteiger partial charge < -0.3 is 0 Å². The highest BCUT2D eigenvalue weighted by Gasteiger charge is 2.07. The maximum atomic E-state index is 4.57. The third kappa shape index (κ3) is 1.96. The van der Waals surface area contributed by atoms with E-state index in [2.05, 4.69) is 40.6 Å². The van der Waals surface area contributed by atoms with Crippen LogP contribution in [0.15, 0.2) is 35.4 Å².